The third-order valence-corrected chi connectivity index (χ3v) is 2.33. The van der Waals surface area contributed by atoms with Crippen LogP contribution in [0.5, 0.6) is 0 Å². The second-order valence-corrected chi connectivity index (χ2v) is 3.82. The van der Waals surface area contributed by atoms with Gasteiger partial charge >= 0.3 is 6.16 Å². The van der Waals surface area contributed by atoms with Gasteiger partial charge < -0.3 is 14.2 Å². The Bertz CT molecular complexity index is 296. The maximum atomic E-state index is 13.1. The molecular formula is C10H15FO4. The number of hydrogen-bond donors (Lipinski definition) is 0. The van der Waals surface area contributed by atoms with E-state index < -0.39 is 18.0 Å². The van der Waals surface area contributed by atoms with Crippen molar-refractivity contribution in [3.63, 3.8) is 0 Å². The Morgan fingerprint density at radius 2 is 2.20 bits per heavy atom. The van der Waals surface area contributed by atoms with E-state index in [0.717, 1.165) is 0 Å². The molecule has 4 nitrogen and oxygen atoms in total. The average Bonchev–Trinajstić information content (AvgIpc) is 2.37. The van der Waals surface area contributed by atoms with E-state index >= 15 is 0 Å². The van der Waals surface area contributed by atoms with Gasteiger partial charge in [-0.05, 0) is 26.3 Å². The standard InChI is InChI=1S/C10H15FO4/c1-6(2)8(11)5-13-10(4)7(3)14-9(12)15-10/h7H,5H2,1-4H3. The van der Waals surface area contributed by atoms with Crippen LogP contribution >= 0.6 is 0 Å². The van der Waals surface area contributed by atoms with E-state index in [1.54, 1.807) is 27.7 Å². The first-order valence-corrected chi connectivity index (χ1v) is 4.70. The predicted molar refractivity (Wildman–Crippen MR) is 50.9 cm³/mol. The first-order chi connectivity index (χ1) is 6.85. The molecule has 0 spiro atoms. The van der Waals surface area contributed by atoms with Gasteiger partial charge in [0.2, 0.25) is 0 Å². The number of ether oxygens (including phenoxy) is 3. The molecule has 1 heterocycles. The number of hydrogen-bond acceptors (Lipinski definition) is 4. The highest BCUT2D eigenvalue weighted by Crippen LogP contribution is 2.28. The summed E-state index contributed by atoms with van der Waals surface area (Å²) in [6.45, 7) is 6.23. The molecule has 5 heteroatoms. The lowest BCUT2D eigenvalue weighted by Gasteiger charge is -2.24. The van der Waals surface area contributed by atoms with E-state index in [-0.39, 0.29) is 12.4 Å². The van der Waals surface area contributed by atoms with Gasteiger partial charge in [0, 0.05) is 6.92 Å². The zero-order valence-corrected chi connectivity index (χ0v) is 9.30. The summed E-state index contributed by atoms with van der Waals surface area (Å²) in [6.07, 6.45) is -1.34. The van der Waals surface area contributed by atoms with E-state index in [2.05, 4.69) is 0 Å². The lowest BCUT2D eigenvalue weighted by Crippen LogP contribution is -2.38. The van der Waals surface area contributed by atoms with Crippen LogP contribution in [0.25, 0.3) is 0 Å². The van der Waals surface area contributed by atoms with Gasteiger partial charge in [-0.1, -0.05) is 0 Å². The topological polar surface area (TPSA) is 44.8 Å². The Morgan fingerprint density at radius 3 is 2.60 bits per heavy atom. The van der Waals surface area contributed by atoms with Crippen LogP contribution in [0.1, 0.15) is 27.7 Å². The number of carbonyl (C=O) groups is 1. The minimum Gasteiger partial charge on any atom is -0.424 e. The molecule has 1 aliphatic heterocycles. The largest absolute Gasteiger partial charge is 0.511 e. The first-order valence-electron chi connectivity index (χ1n) is 4.70. The molecule has 1 fully saturated rings. The van der Waals surface area contributed by atoms with Crippen molar-refractivity contribution >= 4 is 6.16 Å². The molecule has 0 aliphatic carbocycles. The van der Waals surface area contributed by atoms with Crippen LogP contribution in [0, 0.1) is 0 Å². The van der Waals surface area contributed by atoms with E-state index in [0.29, 0.717) is 5.57 Å². The maximum Gasteiger partial charge on any atom is 0.511 e. The van der Waals surface area contributed by atoms with E-state index in [9.17, 15) is 9.18 Å². The molecule has 15 heavy (non-hydrogen) atoms. The monoisotopic (exact) mass is 218 g/mol. The van der Waals surface area contributed by atoms with Crippen LogP contribution in [-0.2, 0) is 14.2 Å². The Kier molecular flexibility index (Phi) is 3.34. The van der Waals surface area contributed by atoms with Gasteiger partial charge in [-0.25, -0.2) is 9.18 Å². The zero-order chi connectivity index (χ0) is 11.6. The highest BCUT2D eigenvalue weighted by atomic mass is 19.1. The number of cyclic esters (lactones) is 2. The molecule has 2 atom stereocenters. The minimum absolute atomic E-state index is 0.222. The molecule has 1 saturated heterocycles. The number of halogens is 1. The molecule has 0 saturated carbocycles. The highest BCUT2D eigenvalue weighted by molar-refractivity contribution is 5.62. The van der Waals surface area contributed by atoms with Crippen molar-refractivity contribution in [3.8, 4) is 0 Å². The molecule has 0 radical (unpaired) electrons. The Balaban J connectivity index is 2.58. The number of rotatable bonds is 3. The van der Waals surface area contributed by atoms with Crippen molar-refractivity contribution in [2.75, 3.05) is 6.61 Å². The van der Waals surface area contributed by atoms with Crippen LogP contribution in [0.15, 0.2) is 11.4 Å². The molecule has 0 amide bonds. The van der Waals surface area contributed by atoms with Gasteiger partial charge in [-0.15, -0.1) is 0 Å². The summed E-state index contributed by atoms with van der Waals surface area (Å²) in [6, 6.07) is 0. The summed E-state index contributed by atoms with van der Waals surface area (Å²) in [5.74, 6) is -1.57. The van der Waals surface area contributed by atoms with Crippen LogP contribution < -0.4 is 0 Å². The molecule has 2 unspecified atom stereocenters. The Hall–Kier alpha value is -1.10. The molecule has 86 valence electrons. The quantitative estimate of drug-likeness (QED) is 0.683. The molecule has 0 N–H and O–H groups in total. The summed E-state index contributed by atoms with van der Waals surface area (Å²) < 4.78 is 27.9. The van der Waals surface area contributed by atoms with Crippen LogP contribution in [-0.4, -0.2) is 24.7 Å². The van der Waals surface area contributed by atoms with Gasteiger partial charge in [0.05, 0.1) is 0 Å². The van der Waals surface area contributed by atoms with Gasteiger partial charge in [-0.2, -0.15) is 0 Å². The summed E-state index contributed by atoms with van der Waals surface area (Å²) >= 11 is 0. The molecule has 1 rings (SSSR count). The normalized spacial score (nSPS) is 29.7. The van der Waals surface area contributed by atoms with Crippen molar-refractivity contribution in [1.29, 1.82) is 0 Å². The van der Waals surface area contributed by atoms with Crippen LogP contribution in [0.3, 0.4) is 0 Å². The number of carbonyl (C=O) groups excluding carboxylic acids is 1. The molecule has 0 aromatic carbocycles. The summed E-state index contributed by atoms with van der Waals surface area (Å²) in [5, 5.41) is 0. The maximum absolute atomic E-state index is 13.1. The molecule has 0 bridgehead atoms. The molecule has 0 aromatic rings. The summed E-state index contributed by atoms with van der Waals surface area (Å²) in [4.78, 5) is 10.8. The van der Waals surface area contributed by atoms with E-state index in [1.807, 2.05) is 0 Å². The first kappa shape index (κ1) is 12.0. The highest BCUT2D eigenvalue weighted by Gasteiger charge is 2.46. The van der Waals surface area contributed by atoms with Crippen molar-refractivity contribution in [3.05, 3.63) is 11.4 Å². The second-order valence-electron chi connectivity index (χ2n) is 3.82. The summed E-state index contributed by atoms with van der Waals surface area (Å²) in [7, 11) is 0. The Labute approximate surface area is 88.0 Å². The molecular weight excluding hydrogens is 203 g/mol. The SMILES string of the molecule is CC(C)=C(F)COC1(C)OC(=O)OC1C. The van der Waals surface area contributed by atoms with Gasteiger partial charge in [0.15, 0.2) is 6.10 Å². The van der Waals surface area contributed by atoms with Crippen molar-refractivity contribution in [2.45, 2.75) is 39.6 Å². The average molecular weight is 218 g/mol. The molecule has 0 aromatic heterocycles. The van der Waals surface area contributed by atoms with Gasteiger partial charge in [-0.3, -0.25) is 0 Å². The van der Waals surface area contributed by atoms with Crippen molar-refractivity contribution in [1.82, 2.24) is 0 Å². The zero-order valence-electron chi connectivity index (χ0n) is 9.30. The van der Waals surface area contributed by atoms with Crippen LogP contribution in [0.4, 0.5) is 9.18 Å². The van der Waals surface area contributed by atoms with E-state index in [1.165, 1.54) is 0 Å². The van der Waals surface area contributed by atoms with Crippen LogP contribution in [0.2, 0.25) is 0 Å². The third-order valence-electron chi connectivity index (χ3n) is 2.33. The summed E-state index contributed by atoms with van der Waals surface area (Å²) in [5.41, 5.74) is 0.538. The van der Waals surface area contributed by atoms with Gasteiger partial charge in [0.25, 0.3) is 5.79 Å². The fraction of sp³-hybridized carbons (Fsp3) is 0.700. The van der Waals surface area contributed by atoms with Crippen molar-refractivity contribution in [2.24, 2.45) is 0 Å². The second kappa shape index (κ2) is 4.18. The third kappa shape index (κ3) is 2.68. The lowest BCUT2D eigenvalue weighted by atomic mass is 10.2. The van der Waals surface area contributed by atoms with Crippen molar-refractivity contribution < 1.29 is 23.4 Å². The fourth-order valence-electron chi connectivity index (χ4n) is 1.02. The lowest BCUT2D eigenvalue weighted by molar-refractivity contribution is -0.182. The Morgan fingerprint density at radius 1 is 1.60 bits per heavy atom. The van der Waals surface area contributed by atoms with Gasteiger partial charge in [0.1, 0.15) is 12.4 Å². The molecule has 1 aliphatic rings. The predicted octanol–water partition coefficient (Wildman–Crippen LogP) is 2.54. The number of allylic oxidation sites excluding steroid dienone is 1. The minimum atomic E-state index is -1.20. The smallest absolute Gasteiger partial charge is 0.424 e. The van der Waals surface area contributed by atoms with E-state index in [4.69, 9.17) is 14.2 Å². The fourth-order valence-corrected chi connectivity index (χ4v) is 1.02.